The minimum absolute atomic E-state index is 0.0244. The van der Waals surface area contributed by atoms with E-state index in [1.807, 2.05) is 0 Å². The molecule has 1 aromatic heterocycles. The van der Waals surface area contributed by atoms with Gasteiger partial charge >= 0.3 is 5.97 Å². The number of esters is 1. The van der Waals surface area contributed by atoms with Crippen molar-refractivity contribution in [2.75, 3.05) is 13.7 Å². The maximum atomic E-state index is 13.6. The van der Waals surface area contributed by atoms with E-state index < -0.39 is 33.9 Å². The van der Waals surface area contributed by atoms with Gasteiger partial charge in [-0.2, -0.15) is 0 Å². The lowest BCUT2D eigenvalue weighted by Gasteiger charge is -2.24. The second-order valence-corrected chi connectivity index (χ2v) is 9.60. The number of nitrogens with zero attached hydrogens (tertiary/aromatic N) is 3. The maximum absolute atomic E-state index is 13.6. The Morgan fingerprint density at radius 3 is 2.61 bits per heavy atom. The van der Waals surface area contributed by atoms with Gasteiger partial charge in [0.2, 0.25) is 0 Å². The Bertz CT molecular complexity index is 1590. The lowest BCUT2D eigenvalue weighted by molar-refractivity contribution is -0.398. The Morgan fingerprint density at radius 1 is 1.31 bits per heavy atom. The average Bonchev–Trinajstić information content (AvgIpc) is 3.14. The minimum Gasteiger partial charge on any atom is -0.867 e. The summed E-state index contributed by atoms with van der Waals surface area (Å²) < 4.78 is 12.3. The van der Waals surface area contributed by atoms with Crippen LogP contribution in [-0.4, -0.2) is 29.2 Å². The molecule has 1 atom stereocenters. The standard InChI is InChI=1S/C24H20BrN3O7S/c1-4-35-23(31)19-12(2)26-24-27(20(19)13-5-7-16(34-3)8-6-13)22(30)18(36-24)10-14-9-15(25)11-17(21(14)29)28(32)33/h5-11,20,29H,4H2,1-3H3/p-1/b18-10-/t20-/m0/s1. The van der Waals surface area contributed by atoms with Crippen LogP contribution in [0.15, 0.2) is 61.9 Å². The number of halogens is 1. The molecule has 10 nitrogen and oxygen atoms in total. The number of carbonyl (C=O) groups excluding carboxylic acids is 1. The van der Waals surface area contributed by atoms with Crippen LogP contribution >= 0.6 is 27.3 Å². The van der Waals surface area contributed by atoms with Gasteiger partial charge in [0.25, 0.3) is 11.2 Å². The van der Waals surface area contributed by atoms with Crippen LogP contribution in [-0.2, 0) is 9.53 Å². The van der Waals surface area contributed by atoms with Crippen molar-refractivity contribution >= 4 is 45.0 Å². The molecule has 1 aliphatic rings. The number of carbonyl (C=O) groups is 1. The molecule has 0 saturated carbocycles. The number of methoxy groups -OCH3 is 1. The predicted molar refractivity (Wildman–Crippen MR) is 134 cm³/mol. The van der Waals surface area contributed by atoms with Gasteiger partial charge < -0.3 is 14.6 Å². The van der Waals surface area contributed by atoms with E-state index in [0.717, 1.165) is 17.4 Å². The molecule has 12 heteroatoms. The van der Waals surface area contributed by atoms with E-state index in [1.54, 1.807) is 38.1 Å². The molecule has 36 heavy (non-hydrogen) atoms. The number of hydrogen-bond donors (Lipinski definition) is 0. The summed E-state index contributed by atoms with van der Waals surface area (Å²) in [7, 11) is 1.53. The number of rotatable bonds is 6. The zero-order valence-corrected chi connectivity index (χ0v) is 21.7. The summed E-state index contributed by atoms with van der Waals surface area (Å²) >= 11 is 4.19. The van der Waals surface area contributed by atoms with Gasteiger partial charge in [-0.3, -0.25) is 19.5 Å². The molecule has 186 valence electrons. The highest BCUT2D eigenvalue weighted by Crippen LogP contribution is 2.33. The van der Waals surface area contributed by atoms with Crippen molar-refractivity contribution in [1.29, 1.82) is 0 Å². The summed E-state index contributed by atoms with van der Waals surface area (Å²) in [6, 6.07) is 8.60. The highest BCUT2D eigenvalue weighted by molar-refractivity contribution is 9.10. The van der Waals surface area contributed by atoms with E-state index in [2.05, 4.69) is 20.9 Å². The fourth-order valence-electron chi connectivity index (χ4n) is 3.88. The molecule has 0 saturated heterocycles. The zero-order chi connectivity index (χ0) is 26.1. The number of benzene rings is 2. The first-order valence-corrected chi connectivity index (χ1v) is 12.3. The molecule has 0 amide bonds. The van der Waals surface area contributed by atoms with Crippen LogP contribution in [0.25, 0.3) is 6.08 Å². The first-order valence-electron chi connectivity index (χ1n) is 10.6. The number of fused-ring (bicyclic) bond motifs is 1. The Balaban J connectivity index is 1.97. The Kier molecular flexibility index (Phi) is 7.09. The summed E-state index contributed by atoms with van der Waals surface area (Å²) in [5, 5.41) is 23.9. The first kappa shape index (κ1) is 25.3. The Hall–Kier alpha value is -3.77. The largest absolute Gasteiger partial charge is 0.867 e. The fourth-order valence-corrected chi connectivity index (χ4v) is 5.38. The molecule has 1 aliphatic heterocycles. The number of allylic oxidation sites excluding steroid dienone is 1. The van der Waals surface area contributed by atoms with Crippen LogP contribution in [0.4, 0.5) is 5.69 Å². The predicted octanol–water partition coefficient (Wildman–Crippen LogP) is 2.55. The number of ether oxygens (including phenoxy) is 2. The molecule has 0 fully saturated rings. The summed E-state index contributed by atoms with van der Waals surface area (Å²) in [6.07, 6.45) is 1.30. The van der Waals surface area contributed by atoms with Gasteiger partial charge in [0.15, 0.2) is 4.80 Å². The van der Waals surface area contributed by atoms with E-state index in [-0.39, 0.29) is 22.3 Å². The molecular weight excluding hydrogens is 554 g/mol. The van der Waals surface area contributed by atoms with Gasteiger partial charge in [0, 0.05) is 10.5 Å². The maximum Gasteiger partial charge on any atom is 0.338 e. The van der Waals surface area contributed by atoms with Crippen molar-refractivity contribution in [2.24, 2.45) is 4.99 Å². The SMILES string of the molecule is CCOC(=O)C1=C(C)N=c2s/c(=C\c3cc(Br)cc([N+](=O)[O-])c3[O-])c(=O)n2[C@H]1c1ccc(OC)cc1. The quantitative estimate of drug-likeness (QED) is 0.251. The van der Waals surface area contributed by atoms with E-state index >= 15 is 0 Å². The van der Waals surface area contributed by atoms with Crippen molar-refractivity contribution in [2.45, 2.75) is 19.9 Å². The smallest absolute Gasteiger partial charge is 0.338 e. The highest BCUT2D eigenvalue weighted by Gasteiger charge is 2.33. The first-order chi connectivity index (χ1) is 17.2. The Morgan fingerprint density at radius 2 is 2.00 bits per heavy atom. The average molecular weight is 573 g/mol. The molecule has 0 radical (unpaired) electrons. The van der Waals surface area contributed by atoms with Gasteiger partial charge in [-0.05, 0) is 55.0 Å². The molecule has 0 unspecified atom stereocenters. The summed E-state index contributed by atoms with van der Waals surface area (Å²) in [6.45, 7) is 3.49. The molecule has 2 heterocycles. The van der Waals surface area contributed by atoms with Crippen molar-refractivity contribution in [1.82, 2.24) is 4.57 Å². The van der Waals surface area contributed by atoms with Gasteiger partial charge in [0.1, 0.15) is 5.75 Å². The molecule has 4 rings (SSSR count). The van der Waals surface area contributed by atoms with Gasteiger partial charge in [-0.25, -0.2) is 9.79 Å². The number of thiazole rings is 1. The monoisotopic (exact) mass is 572 g/mol. The normalized spacial score (nSPS) is 15.3. The van der Waals surface area contributed by atoms with Crippen molar-refractivity contribution in [3.8, 4) is 11.5 Å². The van der Waals surface area contributed by atoms with Crippen molar-refractivity contribution in [3.05, 3.63) is 93.1 Å². The topological polar surface area (TPSA) is 136 Å². The van der Waals surface area contributed by atoms with Gasteiger partial charge in [-0.15, -0.1) is 0 Å². The van der Waals surface area contributed by atoms with Crippen LogP contribution in [0.3, 0.4) is 0 Å². The second kappa shape index (κ2) is 10.1. The number of aromatic nitrogens is 1. The zero-order valence-electron chi connectivity index (χ0n) is 19.3. The molecular formula is C24H19BrN3O7S-. The van der Waals surface area contributed by atoms with E-state index in [9.17, 15) is 24.8 Å². The summed E-state index contributed by atoms with van der Waals surface area (Å²) in [4.78, 5) is 41.8. The highest BCUT2D eigenvalue weighted by atomic mass is 79.9. The third-order valence-electron chi connectivity index (χ3n) is 5.49. The molecule has 2 aromatic carbocycles. The van der Waals surface area contributed by atoms with Crippen LogP contribution in [0.5, 0.6) is 11.5 Å². The van der Waals surface area contributed by atoms with Gasteiger partial charge in [0.05, 0.1) is 40.5 Å². The lowest BCUT2D eigenvalue weighted by Crippen LogP contribution is -2.39. The number of hydrogen-bond acceptors (Lipinski definition) is 9. The van der Waals surface area contributed by atoms with Crippen LogP contribution in [0.2, 0.25) is 0 Å². The number of nitro groups is 1. The van der Waals surface area contributed by atoms with Crippen LogP contribution < -0.4 is 24.7 Å². The van der Waals surface area contributed by atoms with Crippen LogP contribution in [0, 0.1) is 10.1 Å². The van der Waals surface area contributed by atoms with E-state index in [1.165, 1.54) is 23.8 Å². The van der Waals surface area contributed by atoms with Crippen LogP contribution in [0.1, 0.15) is 31.0 Å². The third kappa shape index (κ3) is 4.56. The summed E-state index contributed by atoms with van der Waals surface area (Å²) in [5.74, 6) is -0.814. The van der Waals surface area contributed by atoms with E-state index in [4.69, 9.17) is 9.47 Å². The third-order valence-corrected chi connectivity index (χ3v) is 6.94. The molecule has 0 bridgehead atoms. The van der Waals surface area contributed by atoms with Crippen molar-refractivity contribution < 1.29 is 24.3 Å². The molecule has 3 aromatic rings. The molecule has 0 spiro atoms. The minimum atomic E-state index is -0.836. The van der Waals surface area contributed by atoms with Crippen molar-refractivity contribution in [3.63, 3.8) is 0 Å². The van der Waals surface area contributed by atoms with Gasteiger partial charge in [-0.1, -0.05) is 39.4 Å². The fraction of sp³-hybridized carbons (Fsp3) is 0.208. The molecule has 0 aliphatic carbocycles. The summed E-state index contributed by atoms with van der Waals surface area (Å²) in [5.41, 5.74) is 0.0937. The number of nitro benzene ring substituents is 1. The Labute approximate surface area is 216 Å². The van der Waals surface area contributed by atoms with E-state index in [0.29, 0.717) is 26.3 Å². The second-order valence-electron chi connectivity index (χ2n) is 7.68. The molecule has 0 N–H and O–H groups in total. The lowest BCUT2D eigenvalue weighted by atomic mass is 9.96.